The number of aliphatic imine (C=N–C) groups is 1. The van der Waals surface area contributed by atoms with Gasteiger partial charge in [0.25, 0.3) is 5.91 Å². The Morgan fingerprint density at radius 2 is 1.84 bits per heavy atom. The molecule has 1 atom stereocenters. The van der Waals surface area contributed by atoms with Crippen LogP contribution in [0.1, 0.15) is 12.0 Å². The number of carbonyl (C=O) groups is 2. The highest BCUT2D eigenvalue weighted by molar-refractivity contribution is 8.16. The second-order valence-corrected chi connectivity index (χ2v) is 7.86. The summed E-state index contributed by atoms with van der Waals surface area (Å²) in [7, 11) is 0. The minimum absolute atomic E-state index is 0.130. The number of halogens is 3. The molecule has 1 aromatic heterocycles. The van der Waals surface area contributed by atoms with Crippen molar-refractivity contribution in [3.05, 3.63) is 70.6 Å². The van der Waals surface area contributed by atoms with Crippen molar-refractivity contribution in [2.24, 2.45) is 4.99 Å². The van der Waals surface area contributed by atoms with Crippen LogP contribution < -0.4 is 15.7 Å². The molecular formula is C21H13F3N2O5S. The molecule has 2 amide bonds. The van der Waals surface area contributed by atoms with E-state index in [1.807, 2.05) is 0 Å². The summed E-state index contributed by atoms with van der Waals surface area (Å²) >= 11 is 0.977. The first-order valence-electron chi connectivity index (χ1n) is 9.16. The lowest BCUT2D eigenvalue weighted by Crippen LogP contribution is -2.21. The average molecular weight is 462 g/mol. The minimum atomic E-state index is -4.81. The maximum atomic E-state index is 12.3. The van der Waals surface area contributed by atoms with E-state index in [1.54, 1.807) is 30.3 Å². The van der Waals surface area contributed by atoms with Gasteiger partial charge in [0.2, 0.25) is 5.91 Å². The van der Waals surface area contributed by atoms with Crippen LogP contribution in [-0.4, -0.2) is 28.5 Å². The fraction of sp³-hybridized carbons (Fsp3) is 0.143. The van der Waals surface area contributed by atoms with Crippen LogP contribution in [0.3, 0.4) is 0 Å². The number of nitrogens with one attached hydrogen (secondary N) is 1. The van der Waals surface area contributed by atoms with Crippen LogP contribution in [0.15, 0.2) is 68.8 Å². The van der Waals surface area contributed by atoms with Gasteiger partial charge in [0, 0.05) is 17.5 Å². The number of para-hydroxylation sites is 1. The van der Waals surface area contributed by atoms with E-state index in [1.165, 1.54) is 12.1 Å². The highest BCUT2D eigenvalue weighted by Gasteiger charge is 2.33. The van der Waals surface area contributed by atoms with Gasteiger partial charge in [0.1, 0.15) is 21.6 Å². The fourth-order valence-corrected chi connectivity index (χ4v) is 4.04. The molecule has 32 heavy (non-hydrogen) atoms. The summed E-state index contributed by atoms with van der Waals surface area (Å²) in [4.78, 5) is 40.7. The standard InChI is InChI=1S/C21H13F3N2O5S/c22-21(23,24)31-13-7-5-12(6-8-13)25-17(27)10-16-18(28)26-19(32-16)14-9-11-3-1-2-4-15(11)30-20(14)29/h1-9,16H,10H2,(H,25,27). The van der Waals surface area contributed by atoms with Gasteiger partial charge in [-0.15, -0.1) is 13.2 Å². The van der Waals surface area contributed by atoms with E-state index in [2.05, 4.69) is 15.0 Å². The van der Waals surface area contributed by atoms with Crippen LogP contribution in [-0.2, 0) is 9.59 Å². The lowest BCUT2D eigenvalue weighted by atomic mass is 10.2. The van der Waals surface area contributed by atoms with Crippen molar-refractivity contribution in [2.45, 2.75) is 18.0 Å². The number of ether oxygens (including phenoxy) is 1. The van der Waals surface area contributed by atoms with Crippen molar-refractivity contribution in [1.82, 2.24) is 0 Å². The summed E-state index contributed by atoms with van der Waals surface area (Å²) < 4.78 is 45.6. The normalized spacial score (nSPS) is 16.2. The summed E-state index contributed by atoms with van der Waals surface area (Å²) in [6.07, 6.45) is -5.05. The van der Waals surface area contributed by atoms with Crippen LogP contribution in [0, 0.1) is 0 Å². The van der Waals surface area contributed by atoms with E-state index in [4.69, 9.17) is 4.42 Å². The van der Waals surface area contributed by atoms with E-state index in [-0.39, 0.29) is 22.7 Å². The first-order chi connectivity index (χ1) is 15.2. The van der Waals surface area contributed by atoms with Crippen LogP contribution in [0.25, 0.3) is 11.0 Å². The zero-order chi connectivity index (χ0) is 22.9. The van der Waals surface area contributed by atoms with Crippen LogP contribution in [0.4, 0.5) is 18.9 Å². The van der Waals surface area contributed by atoms with Crippen LogP contribution in [0.5, 0.6) is 5.75 Å². The van der Waals surface area contributed by atoms with Gasteiger partial charge in [-0.1, -0.05) is 30.0 Å². The first-order valence-corrected chi connectivity index (χ1v) is 10.0. The molecule has 1 aliphatic heterocycles. The molecule has 0 fully saturated rings. The number of rotatable bonds is 5. The second-order valence-electron chi connectivity index (χ2n) is 6.67. The lowest BCUT2D eigenvalue weighted by Gasteiger charge is -2.11. The van der Waals surface area contributed by atoms with Gasteiger partial charge in [-0.25, -0.2) is 9.79 Å². The molecule has 7 nitrogen and oxygen atoms in total. The molecule has 2 heterocycles. The van der Waals surface area contributed by atoms with Gasteiger partial charge in [0.05, 0.1) is 5.56 Å². The largest absolute Gasteiger partial charge is 0.573 e. The lowest BCUT2D eigenvalue weighted by molar-refractivity contribution is -0.274. The number of fused-ring (bicyclic) bond motifs is 1. The zero-order valence-corrected chi connectivity index (χ0v) is 16.8. The number of alkyl halides is 3. The molecule has 0 saturated carbocycles. The number of hydrogen-bond acceptors (Lipinski definition) is 6. The molecule has 0 spiro atoms. The monoisotopic (exact) mass is 462 g/mol. The number of hydrogen-bond donors (Lipinski definition) is 1. The second kappa shape index (κ2) is 8.50. The third kappa shape index (κ3) is 4.99. The van der Waals surface area contributed by atoms with E-state index in [9.17, 15) is 27.6 Å². The smallest absolute Gasteiger partial charge is 0.422 e. The maximum absolute atomic E-state index is 12.3. The Labute approximate surface area is 182 Å². The van der Waals surface area contributed by atoms with Gasteiger partial charge in [-0.05, 0) is 36.4 Å². The molecule has 0 saturated heterocycles. The molecule has 0 radical (unpaired) electrons. The van der Waals surface area contributed by atoms with Crippen molar-refractivity contribution >= 4 is 45.3 Å². The quantitative estimate of drug-likeness (QED) is 0.573. The third-order valence-electron chi connectivity index (χ3n) is 4.36. The highest BCUT2D eigenvalue weighted by Crippen LogP contribution is 2.30. The highest BCUT2D eigenvalue weighted by atomic mass is 32.2. The summed E-state index contributed by atoms with van der Waals surface area (Å²) in [5, 5.41) is 2.48. The Hall–Kier alpha value is -3.60. The number of thioether (sulfide) groups is 1. The Morgan fingerprint density at radius 1 is 1.12 bits per heavy atom. The fourth-order valence-electron chi connectivity index (χ4n) is 2.97. The minimum Gasteiger partial charge on any atom is -0.422 e. The molecule has 1 aliphatic rings. The van der Waals surface area contributed by atoms with Crippen molar-refractivity contribution in [3.8, 4) is 5.75 Å². The van der Waals surface area contributed by atoms with Gasteiger partial charge in [-0.2, -0.15) is 0 Å². The topological polar surface area (TPSA) is 98.0 Å². The predicted molar refractivity (Wildman–Crippen MR) is 112 cm³/mol. The van der Waals surface area contributed by atoms with E-state index >= 15 is 0 Å². The molecule has 2 aromatic carbocycles. The summed E-state index contributed by atoms with van der Waals surface area (Å²) in [5.41, 5.74) is 0.120. The SMILES string of the molecule is O=C(CC1SC(c2cc3ccccc3oc2=O)=NC1=O)Nc1ccc(OC(F)(F)F)cc1. The Kier molecular flexibility index (Phi) is 5.74. The Morgan fingerprint density at radius 3 is 2.56 bits per heavy atom. The van der Waals surface area contributed by atoms with E-state index in [0.29, 0.717) is 11.0 Å². The number of amides is 2. The van der Waals surface area contributed by atoms with Gasteiger partial charge < -0.3 is 14.5 Å². The number of anilines is 1. The van der Waals surface area contributed by atoms with Crippen LogP contribution in [0.2, 0.25) is 0 Å². The van der Waals surface area contributed by atoms with Crippen molar-refractivity contribution in [1.29, 1.82) is 0 Å². The summed E-state index contributed by atoms with van der Waals surface area (Å²) in [6, 6.07) is 13.1. The Bertz CT molecular complexity index is 1290. The predicted octanol–water partition coefficient (Wildman–Crippen LogP) is 4.11. The van der Waals surface area contributed by atoms with Gasteiger partial charge >= 0.3 is 12.0 Å². The van der Waals surface area contributed by atoms with Gasteiger partial charge in [0.15, 0.2) is 0 Å². The van der Waals surface area contributed by atoms with Crippen molar-refractivity contribution in [2.75, 3.05) is 5.32 Å². The molecule has 3 aromatic rings. The number of nitrogens with zero attached hydrogens (tertiary/aromatic N) is 1. The first kappa shape index (κ1) is 21.6. The molecule has 1 N–H and O–H groups in total. The molecular weight excluding hydrogens is 449 g/mol. The van der Waals surface area contributed by atoms with Crippen molar-refractivity contribution < 1.29 is 31.9 Å². The molecule has 1 unspecified atom stereocenters. The van der Waals surface area contributed by atoms with Gasteiger partial charge in [-0.3, -0.25) is 9.59 Å². The third-order valence-corrected chi connectivity index (χ3v) is 5.54. The number of carbonyl (C=O) groups excluding carboxylic acids is 2. The molecule has 11 heteroatoms. The maximum Gasteiger partial charge on any atom is 0.573 e. The van der Waals surface area contributed by atoms with Crippen molar-refractivity contribution in [3.63, 3.8) is 0 Å². The summed E-state index contributed by atoms with van der Waals surface area (Å²) in [5.74, 6) is -1.53. The molecule has 4 rings (SSSR count). The van der Waals surface area contributed by atoms with Crippen LogP contribution >= 0.6 is 11.8 Å². The zero-order valence-electron chi connectivity index (χ0n) is 16.0. The molecule has 164 valence electrons. The molecule has 0 aliphatic carbocycles. The molecule has 0 bridgehead atoms. The van der Waals surface area contributed by atoms with E-state index in [0.717, 1.165) is 23.9 Å². The summed E-state index contributed by atoms with van der Waals surface area (Å²) in [6.45, 7) is 0. The Balaban J connectivity index is 1.40. The number of benzene rings is 2. The van der Waals surface area contributed by atoms with E-state index < -0.39 is 34.8 Å². The average Bonchev–Trinajstić information content (AvgIpc) is 3.07.